The number of carboxylic acid groups (broad SMARTS) is 1. The molecule has 1 saturated carbocycles. The molecule has 1 aliphatic carbocycles. The van der Waals surface area contributed by atoms with E-state index in [4.69, 9.17) is 0 Å². The first-order chi connectivity index (χ1) is 3.80. The number of carboxylic acids is 1. The molecule has 48 valence electrons. The van der Waals surface area contributed by atoms with Crippen LogP contribution in [0.5, 0.6) is 0 Å². The van der Waals surface area contributed by atoms with E-state index in [1.807, 2.05) is 0 Å². The van der Waals surface area contributed by atoms with Gasteiger partial charge in [-0.2, -0.15) is 0 Å². The molecule has 1 fully saturated rings. The Balaban J connectivity index is 0.000000640. The molecular formula is C6H9O2Zn-. The third-order valence-corrected chi connectivity index (χ3v) is 1.69. The summed E-state index contributed by atoms with van der Waals surface area (Å²) in [7, 11) is 0. The Morgan fingerprint density at radius 3 is 2.00 bits per heavy atom. The van der Waals surface area contributed by atoms with Crippen molar-refractivity contribution in [3.05, 3.63) is 0 Å². The Morgan fingerprint density at radius 2 is 1.78 bits per heavy atom. The zero-order chi connectivity index (χ0) is 5.98. The summed E-state index contributed by atoms with van der Waals surface area (Å²) in [6.07, 6.45) is 3.81. The number of rotatable bonds is 1. The zero-order valence-corrected chi connectivity index (χ0v) is 8.40. The SMILES string of the molecule is O=C([O-])C1CCCC1.[Zn]. The summed E-state index contributed by atoms with van der Waals surface area (Å²) in [6, 6.07) is 0. The van der Waals surface area contributed by atoms with Gasteiger partial charge >= 0.3 is 0 Å². The molecule has 0 atom stereocenters. The number of carbonyl (C=O) groups is 1. The first-order valence-corrected chi connectivity index (χ1v) is 3.01. The molecule has 0 heterocycles. The fourth-order valence-electron chi connectivity index (χ4n) is 1.16. The summed E-state index contributed by atoms with van der Waals surface area (Å²) >= 11 is 0. The molecule has 2 nitrogen and oxygen atoms in total. The molecule has 0 saturated heterocycles. The fourth-order valence-corrected chi connectivity index (χ4v) is 1.16. The van der Waals surface area contributed by atoms with E-state index in [1.165, 1.54) is 0 Å². The second-order valence-corrected chi connectivity index (χ2v) is 2.30. The normalized spacial score (nSPS) is 19.1. The van der Waals surface area contributed by atoms with Gasteiger partial charge in [0.25, 0.3) is 0 Å². The van der Waals surface area contributed by atoms with Crippen LogP contribution in [0.1, 0.15) is 25.7 Å². The third-order valence-electron chi connectivity index (χ3n) is 1.69. The van der Waals surface area contributed by atoms with Crippen molar-refractivity contribution < 1.29 is 29.4 Å². The van der Waals surface area contributed by atoms with Gasteiger partial charge in [-0.1, -0.05) is 12.8 Å². The van der Waals surface area contributed by atoms with E-state index >= 15 is 0 Å². The summed E-state index contributed by atoms with van der Waals surface area (Å²) in [5, 5.41) is 10.1. The van der Waals surface area contributed by atoms with Crippen LogP contribution in [0.25, 0.3) is 0 Å². The summed E-state index contributed by atoms with van der Waals surface area (Å²) in [4.78, 5) is 10.1. The Labute approximate surface area is 67.4 Å². The zero-order valence-electron chi connectivity index (χ0n) is 5.43. The van der Waals surface area contributed by atoms with Crippen molar-refractivity contribution in [3.63, 3.8) is 0 Å². The molecule has 0 aromatic heterocycles. The van der Waals surface area contributed by atoms with Crippen LogP contribution in [0, 0.1) is 5.92 Å². The number of hydrogen-bond acceptors (Lipinski definition) is 2. The van der Waals surface area contributed by atoms with Crippen LogP contribution in [0.2, 0.25) is 0 Å². The second-order valence-electron chi connectivity index (χ2n) is 2.30. The molecular weight excluding hydrogens is 169 g/mol. The van der Waals surface area contributed by atoms with E-state index in [2.05, 4.69) is 0 Å². The minimum atomic E-state index is -0.859. The maximum atomic E-state index is 10.1. The van der Waals surface area contributed by atoms with Crippen LogP contribution in [-0.4, -0.2) is 5.97 Å². The van der Waals surface area contributed by atoms with Crippen molar-refractivity contribution in [3.8, 4) is 0 Å². The van der Waals surface area contributed by atoms with Gasteiger partial charge < -0.3 is 9.90 Å². The minimum Gasteiger partial charge on any atom is -0.550 e. The molecule has 0 N–H and O–H groups in total. The second kappa shape index (κ2) is 4.00. The van der Waals surface area contributed by atoms with Crippen molar-refractivity contribution in [2.75, 3.05) is 0 Å². The van der Waals surface area contributed by atoms with Crippen LogP contribution in [0.15, 0.2) is 0 Å². The summed E-state index contributed by atoms with van der Waals surface area (Å²) < 4.78 is 0. The summed E-state index contributed by atoms with van der Waals surface area (Å²) in [5.41, 5.74) is 0. The van der Waals surface area contributed by atoms with E-state index in [0.29, 0.717) is 0 Å². The van der Waals surface area contributed by atoms with Crippen molar-refractivity contribution in [2.24, 2.45) is 5.92 Å². The molecule has 0 aromatic rings. The van der Waals surface area contributed by atoms with Gasteiger partial charge in [-0.05, 0) is 18.8 Å². The molecule has 0 amide bonds. The maximum Gasteiger partial charge on any atom is 0.0445 e. The van der Waals surface area contributed by atoms with Crippen LogP contribution in [-0.2, 0) is 24.3 Å². The Kier molecular flexibility index (Phi) is 4.04. The van der Waals surface area contributed by atoms with Crippen LogP contribution >= 0.6 is 0 Å². The molecule has 0 aromatic carbocycles. The first-order valence-electron chi connectivity index (χ1n) is 3.01. The summed E-state index contributed by atoms with van der Waals surface area (Å²) in [6.45, 7) is 0. The van der Waals surface area contributed by atoms with Gasteiger partial charge in [0.2, 0.25) is 0 Å². The largest absolute Gasteiger partial charge is 0.550 e. The van der Waals surface area contributed by atoms with Crippen LogP contribution in [0.3, 0.4) is 0 Å². The van der Waals surface area contributed by atoms with E-state index < -0.39 is 5.97 Å². The van der Waals surface area contributed by atoms with E-state index in [9.17, 15) is 9.90 Å². The predicted molar refractivity (Wildman–Crippen MR) is 27.0 cm³/mol. The van der Waals surface area contributed by atoms with Crippen LogP contribution < -0.4 is 5.11 Å². The predicted octanol–water partition coefficient (Wildman–Crippen LogP) is -0.0760. The molecule has 0 aliphatic heterocycles. The first kappa shape index (κ1) is 9.09. The van der Waals surface area contributed by atoms with E-state index in [-0.39, 0.29) is 25.4 Å². The van der Waals surface area contributed by atoms with E-state index in [1.54, 1.807) is 0 Å². The quantitative estimate of drug-likeness (QED) is 0.527. The molecule has 1 rings (SSSR count). The minimum absolute atomic E-state index is 0. The number of hydrogen-bond donors (Lipinski definition) is 0. The topological polar surface area (TPSA) is 40.1 Å². The van der Waals surface area contributed by atoms with Gasteiger partial charge in [0.05, 0.1) is 0 Å². The van der Waals surface area contributed by atoms with Gasteiger partial charge in [-0.25, -0.2) is 0 Å². The monoisotopic (exact) mass is 177 g/mol. The molecule has 0 bridgehead atoms. The fraction of sp³-hybridized carbons (Fsp3) is 0.833. The maximum absolute atomic E-state index is 10.1. The van der Waals surface area contributed by atoms with Crippen molar-refractivity contribution >= 4 is 5.97 Å². The average molecular weight is 179 g/mol. The molecule has 0 spiro atoms. The van der Waals surface area contributed by atoms with Gasteiger partial charge in [-0.3, -0.25) is 0 Å². The van der Waals surface area contributed by atoms with Gasteiger partial charge in [-0.15, -0.1) is 0 Å². The summed E-state index contributed by atoms with van der Waals surface area (Å²) in [5.74, 6) is -0.988. The third kappa shape index (κ3) is 2.44. The van der Waals surface area contributed by atoms with Crippen molar-refractivity contribution in [1.82, 2.24) is 0 Å². The Bertz CT molecular complexity index is 97.2. The Hall–Kier alpha value is 0.0934. The number of aliphatic carboxylic acids is 1. The van der Waals surface area contributed by atoms with Gasteiger partial charge in [0, 0.05) is 25.4 Å². The van der Waals surface area contributed by atoms with Crippen molar-refractivity contribution in [1.29, 1.82) is 0 Å². The average Bonchev–Trinajstić information content (AvgIpc) is 2.12. The smallest absolute Gasteiger partial charge is 0.0445 e. The van der Waals surface area contributed by atoms with E-state index in [0.717, 1.165) is 25.7 Å². The number of carbonyl (C=O) groups excluding carboxylic acids is 1. The standard InChI is InChI=1S/C6H10O2.Zn/c7-6(8)5-3-1-2-4-5;/h5H,1-4H2,(H,7,8);/p-1. The van der Waals surface area contributed by atoms with Crippen LogP contribution in [0.4, 0.5) is 0 Å². The Morgan fingerprint density at radius 1 is 1.33 bits per heavy atom. The van der Waals surface area contributed by atoms with Gasteiger partial charge in [0.15, 0.2) is 0 Å². The van der Waals surface area contributed by atoms with Gasteiger partial charge in [0.1, 0.15) is 0 Å². The molecule has 3 heteroatoms. The molecule has 1 aliphatic rings. The molecule has 9 heavy (non-hydrogen) atoms. The molecule has 0 unspecified atom stereocenters. The molecule has 0 radical (unpaired) electrons. The van der Waals surface area contributed by atoms with Crippen molar-refractivity contribution in [2.45, 2.75) is 25.7 Å².